The predicted octanol–water partition coefficient (Wildman–Crippen LogP) is 1.34. The van der Waals surface area contributed by atoms with Gasteiger partial charge in [-0.25, -0.2) is 0 Å². The van der Waals surface area contributed by atoms with Crippen LogP contribution in [-0.4, -0.2) is 43.0 Å². The Balaban J connectivity index is 1.45. The molecule has 7 nitrogen and oxygen atoms in total. The van der Waals surface area contributed by atoms with E-state index in [1.54, 1.807) is 0 Å². The van der Waals surface area contributed by atoms with Crippen molar-refractivity contribution in [3.63, 3.8) is 0 Å². The van der Waals surface area contributed by atoms with Gasteiger partial charge in [0.1, 0.15) is 0 Å². The summed E-state index contributed by atoms with van der Waals surface area (Å²) >= 11 is 0. The maximum absolute atomic E-state index is 12.0. The number of amides is 1. The van der Waals surface area contributed by atoms with E-state index in [1.807, 2.05) is 18.2 Å². The number of ether oxygens (including phenoxy) is 3. The van der Waals surface area contributed by atoms with Gasteiger partial charge in [-0.1, -0.05) is 6.07 Å². The Morgan fingerprint density at radius 1 is 1.29 bits per heavy atom. The largest absolute Gasteiger partial charge is 0.481 e. The molecule has 1 aromatic rings. The summed E-state index contributed by atoms with van der Waals surface area (Å²) in [7, 11) is 0. The van der Waals surface area contributed by atoms with E-state index in [4.69, 9.17) is 14.2 Å². The van der Waals surface area contributed by atoms with Crippen LogP contribution in [0.15, 0.2) is 18.2 Å². The number of carboxylic acid groups (broad SMARTS) is 1. The lowest BCUT2D eigenvalue weighted by molar-refractivity contribution is -0.148. The monoisotopic (exact) mass is 335 g/mol. The molecule has 3 rings (SSSR count). The first-order valence-electron chi connectivity index (χ1n) is 8.13. The molecule has 2 aliphatic rings. The Labute approximate surface area is 139 Å². The van der Waals surface area contributed by atoms with Crippen molar-refractivity contribution in [3.05, 3.63) is 23.8 Å². The number of hydrogen-bond donors (Lipinski definition) is 2. The summed E-state index contributed by atoms with van der Waals surface area (Å²) in [6, 6.07) is 5.66. The molecule has 0 unspecified atom stereocenters. The molecule has 2 heterocycles. The molecule has 1 aromatic carbocycles. The Kier molecular flexibility index (Phi) is 5.20. The molecule has 0 bridgehead atoms. The lowest BCUT2D eigenvalue weighted by Gasteiger charge is -2.18. The fraction of sp³-hybridized carbons (Fsp3) is 0.529. The van der Waals surface area contributed by atoms with E-state index in [1.165, 1.54) is 0 Å². The van der Waals surface area contributed by atoms with Crippen molar-refractivity contribution >= 4 is 11.9 Å². The maximum Gasteiger partial charge on any atom is 0.309 e. The Bertz CT molecular complexity index is 611. The van der Waals surface area contributed by atoms with Gasteiger partial charge in [-0.3, -0.25) is 9.59 Å². The molecule has 0 saturated carbocycles. The first kappa shape index (κ1) is 16.6. The molecule has 24 heavy (non-hydrogen) atoms. The SMILES string of the molecule is O=C(C[C@@H](C(=O)O)[C@H]1CCCO1)NCCc1ccc2c(c1)OCO2. The molecular formula is C17H21NO6. The van der Waals surface area contributed by atoms with Crippen molar-refractivity contribution < 1.29 is 28.9 Å². The molecule has 1 amide bonds. The van der Waals surface area contributed by atoms with Crippen LogP contribution < -0.4 is 14.8 Å². The second-order valence-electron chi connectivity index (χ2n) is 5.99. The number of carbonyl (C=O) groups is 2. The number of carboxylic acids is 1. The van der Waals surface area contributed by atoms with Crippen LogP contribution in [0.2, 0.25) is 0 Å². The quantitative estimate of drug-likeness (QED) is 0.781. The highest BCUT2D eigenvalue weighted by Gasteiger charge is 2.33. The number of fused-ring (bicyclic) bond motifs is 1. The predicted molar refractivity (Wildman–Crippen MR) is 84.0 cm³/mol. The fourth-order valence-corrected chi connectivity index (χ4v) is 3.01. The number of carbonyl (C=O) groups excluding carboxylic acids is 1. The van der Waals surface area contributed by atoms with Gasteiger partial charge in [0.05, 0.1) is 12.0 Å². The number of aliphatic carboxylic acids is 1. The summed E-state index contributed by atoms with van der Waals surface area (Å²) < 4.78 is 16.0. The van der Waals surface area contributed by atoms with Crippen LogP contribution in [0.4, 0.5) is 0 Å². The minimum Gasteiger partial charge on any atom is -0.481 e. The van der Waals surface area contributed by atoms with Crippen LogP contribution in [-0.2, 0) is 20.7 Å². The molecule has 1 fully saturated rings. The number of benzene rings is 1. The van der Waals surface area contributed by atoms with Gasteiger partial charge < -0.3 is 24.6 Å². The van der Waals surface area contributed by atoms with Crippen LogP contribution in [0.1, 0.15) is 24.8 Å². The van der Waals surface area contributed by atoms with Crippen molar-refractivity contribution in [2.24, 2.45) is 5.92 Å². The van der Waals surface area contributed by atoms with Gasteiger partial charge in [-0.05, 0) is 37.0 Å². The Hall–Kier alpha value is -2.28. The highest BCUT2D eigenvalue weighted by molar-refractivity contribution is 5.82. The molecule has 2 atom stereocenters. The van der Waals surface area contributed by atoms with E-state index in [0.717, 1.165) is 17.7 Å². The molecular weight excluding hydrogens is 314 g/mol. The molecule has 0 radical (unpaired) electrons. The lowest BCUT2D eigenvalue weighted by Crippen LogP contribution is -2.35. The van der Waals surface area contributed by atoms with E-state index in [-0.39, 0.29) is 25.2 Å². The molecule has 130 valence electrons. The van der Waals surface area contributed by atoms with Crippen LogP contribution in [0.25, 0.3) is 0 Å². The zero-order valence-corrected chi connectivity index (χ0v) is 13.3. The molecule has 1 saturated heterocycles. The van der Waals surface area contributed by atoms with E-state index < -0.39 is 11.9 Å². The minimum absolute atomic E-state index is 0.0544. The molecule has 0 spiro atoms. The van der Waals surface area contributed by atoms with Crippen LogP contribution in [0.5, 0.6) is 11.5 Å². The van der Waals surface area contributed by atoms with E-state index in [9.17, 15) is 14.7 Å². The standard InChI is InChI=1S/C17H21NO6/c19-16(9-12(17(20)21)13-2-1-7-22-13)18-6-5-11-3-4-14-15(8-11)24-10-23-14/h3-4,8,12-13H,1-2,5-7,9-10H2,(H,18,19)(H,20,21)/t12-,13-/m1/s1. The third-order valence-electron chi connectivity index (χ3n) is 4.31. The summed E-state index contributed by atoms with van der Waals surface area (Å²) in [5, 5.41) is 12.1. The third-order valence-corrected chi connectivity index (χ3v) is 4.31. The molecule has 2 aliphatic heterocycles. The van der Waals surface area contributed by atoms with Gasteiger partial charge in [-0.2, -0.15) is 0 Å². The second kappa shape index (κ2) is 7.53. The van der Waals surface area contributed by atoms with Crippen molar-refractivity contribution in [2.75, 3.05) is 19.9 Å². The third kappa shape index (κ3) is 3.97. The Morgan fingerprint density at radius 3 is 2.88 bits per heavy atom. The minimum atomic E-state index is -0.979. The molecule has 7 heteroatoms. The average molecular weight is 335 g/mol. The lowest BCUT2D eigenvalue weighted by atomic mass is 9.96. The maximum atomic E-state index is 12.0. The van der Waals surface area contributed by atoms with Gasteiger partial charge in [0.15, 0.2) is 11.5 Å². The number of nitrogens with one attached hydrogen (secondary N) is 1. The summed E-state index contributed by atoms with van der Waals surface area (Å²) in [5.41, 5.74) is 1.02. The van der Waals surface area contributed by atoms with E-state index >= 15 is 0 Å². The molecule has 0 aliphatic carbocycles. The molecule has 0 aromatic heterocycles. The van der Waals surface area contributed by atoms with Gasteiger partial charge in [0.2, 0.25) is 12.7 Å². The van der Waals surface area contributed by atoms with Gasteiger partial charge >= 0.3 is 5.97 Å². The van der Waals surface area contributed by atoms with Crippen LogP contribution >= 0.6 is 0 Å². The highest BCUT2D eigenvalue weighted by atomic mass is 16.7. The van der Waals surface area contributed by atoms with Gasteiger partial charge in [0, 0.05) is 19.6 Å². The van der Waals surface area contributed by atoms with Crippen LogP contribution in [0.3, 0.4) is 0 Å². The van der Waals surface area contributed by atoms with Gasteiger partial charge in [0.25, 0.3) is 0 Å². The number of hydrogen-bond acceptors (Lipinski definition) is 5. The Morgan fingerprint density at radius 2 is 2.12 bits per heavy atom. The smallest absolute Gasteiger partial charge is 0.309 e. The summed E-state index contributed by atoms with van der Waals surface area (Å²) in [5.74, 6) is -0.587. The van der Waals surface area contributed by atoms with Crippen molar-refractivity contribution in [2.45, 2.75) is 31.8 Å². The summed E-state index contributed by atoms with van der Waals surface area (Å²) in [6.45, 7) is 1.24. The summed E-state index contributed by atoms with van der Waals surface area (Å²) in [4.78, 5) is 23.4. The van der Waals surface area contributed by atoms with Crippen LogP contribution in [0, 0.1) is 5.92 Å². The normalized spacial score (nSPS) is 19.9. The highest BCUT2D eigenvalue weighted by Crippen LogP contribution is 2.32. The summed E-state index contributed by atoms with van der Waals surface area (Å²) in [6.07, 6.45) is 1.77. The van der Waals surface area contributed by atoms with E-state index in [2.05, 4.69) is 5.32 Å². The average Bonchev–Trinajstić information content (AvgIpc) is 3.23. The van der Waals surface area contributed by atoms with E-state index in [0.29, 0.717) is 31.7 Å². The zero-order chi connectivity index (χ0) is 16.9. The van der Waals surface area contributed by atoms with Crippen molar-refractivity contribution in [3.8, 4) is 11.5 Å². The topological polar surface area (TPSA) is 94.1 Å². The first-order valence-corrected chi connectivity index (χ1v) is 8.13. The molecule has 2 N–H and O–H groups in total. The van der Waals surface area contributed by atoms with Crippen molar-refractivity contribution in [1.29, 1.82) is 0 Å². The fourth-order valence-electron chi connectivity index (χ4n) is 3.01. The van der Waals surface area contributed by atoms with Crippen molar-refractivity contribution in [1.82, 2.24) is 5.32 Å². The number of rotatable bonds is 7. The first-order chi connectivity index (χ1) is 11.6. The van der Waals surface area contributed by atoms with Gasteiger partial charge in [-0.15, -0.1) is 0 Å². The second-order valence-corrected chi connectivity index (χ2v) is 5.99. The zero-order valence-electron chi connectivity index (χ0n) is 13.3.